The maximum Gasteiger partial charge on any atom is 0.0339 e. The molecule has 0 aliphatic heterocycles. The molecule has 0 rings (SSSR count). The summed E-state index contributed by atoms with van der Waals surface area (Å²) in [7, 11) is 1.84. The molecule has 0 aliphatic rings. The Morgan fingerprint density at radius 2 is 2.00 bits per heavy atom. The quantitative estimate of drug-likeness (QED) is 0.434. The Morgan fingerprint density at radius 1 is 1.36 bits per heavy atom. The summed E-state index contributed by atoms with van der Waals surface area (Å²) < 4.78 is 0. The van der Waals surface area contributed by atoms with Crippen LogP contribution in [0.1, 0.15) is 40.0 Å². The van der Waals surface area contributed by atoms with E-state index in [1.165, 1.54) is 24.8 Å². The van der Waals surface area contributed by atoms with Crippen LogP contribution in [-0.4, -0.2) is 12.8 Å². The third-order valence-electron chi connectivity index (χ3n) is 1.91. The molecule has 0 radical (unpaired) electrons. The molecule has 1 heteroatoms. The molecule has 0 fully saturated rings. The SMILES string of the molecule is CCCC/C=C(C)\C(C)=N/C. The normalized spacial score (nSPS) is 13.8. The number of unbranched alkanes of at least 4 members (excludes halogenated alkanes) is 2. The Morgan fingerprint density at radius 3 is 2.45 bits per heavy atom. The first-order valence-electron chi connectivity index (χ1n) is 4.32. The van der Waals surface area contributed by atoms with Crippen LogP contribution in [0.25, 0.3) is 0 Å². The minimum atomic E-state index is 1.15. The van der Waals surface area contributed by atoms with Crippen molar-refractivity contribution in [2.75, 3.05) is 7.05 Å². The van der Waals surface area contributed by atoms with Gasteiger partial charge in [-0.25, -0.2) is 0 Å². The lowest BCUT2D eigenvalue weighted by Crippen LogP contribution is -1.92. The van der Waals surface area contributed by atoms with E-state index < -0.39 is 0 Å². The molecule has 0 aromatic rings. The smallest absolute Gasteiger partial charge is 0.0339 e. The molecule has 64 valence electrons. The molecule has 11 heavy (non-hydrogen) atoms. The fourth-order valence-electron chi connectivity index (χ4n) is 0.847. The molecule has 1 nitrogen and oxygen atoms in total. The number of rotatable bonds is 4. The first-order chi connectivity index (χ1) is 5.22. The number of nitrogens with zero attached hydrogens (tertiary/aromatic N) is 1. The van der Waals surface area contributed by atoms with Crippen LogP contribution in [0.15, 0.2) is 16.6 Å². The largest absolute Gasteiger partial charge is 0.293 e. The van der Waals surface area contributed by atoms with Crippen molar-refractivity contribution in [2.45, 2.75) is 40.0 Å². The third-order valence-corrected chi connectivity index (χ3v) is 1.91. The van der Waals surface area contributed by atoms with Crippen LogP contribution < -0.4 is 0 Å². The van der Waals surface area contributed by atoms with E-state index in [2.05, 4.69) is 31.8 Å². The first kappa shape index (κ1) is 10.4. The molecule has 0 aromatic heterocycles. The molecule has 0 atom stereocenters. The third kappa shape index (κ3) is 4.77. The van der Waals surface area contributed by atoms with Gasteiger partial charge in [0.05, 0.1) is 0 Å². The van der Waals surface area contributed by atoms with Crippen LogP contribution in [0.5, 0.6) is 0 Å². The van der Waals surface area contributed by atoms with E-state index in [0.29, 0.717) is 0 Å². The predicted molar refractivity (Wildman–Crippen MR) is 52.3 cm³/mol. The Balaban J connectivity index is 3.81. The average molecular weight is 153 g/mol. The molecule has 0 N–H and O–H groups in total. The highest BCUT2D eigenvalue weighted by molar-refractivity contribution is 5.97. The zero-order valence-corrected chi connectivity index (χ0v) is 8.15. The fraction of sp³-hybridized carbons (Fsp3) is 0.700. The molecule has 0 bridgehead atoms. The standard InChI is InChI=1S/C10H19N/c1-5-6-7-8-9(2)10(3)11-4/h8H,5-7H2,1-4H3/b9-8-,11-10-. The summed E-state index contributed by atoms with van der Waals surface area (Å²) in [5.41, 5.74) is 2.47. The second-order valence-corrected chi connectivity index (χ2v) is 2.84. The van der Waals surface area contributed by atoms with Crippen molar-refractivity contribution >= 4 is 5.71 Å². The van der Waals surface area contributed by atoms with Gasteiger partial charge in [0.25, 0.3) is 0 Å². The highest BCUT2D eigenvalue weighted by Gasteiger charge is 1.90. The first-order valence-corrected chi connectivity index (χ1v) is 4.32. The molecule has 0 saturated carbocycles. The van der Waals surface area contributed by atoms with Gasteiger partial charge in [-0.3, -0.25) is 4.99 Å². The van der Waals surface area contributed by atoms with Crippen LogP contribution in [0, 0.1) is 0 Å². The Kier molecular flexibility index (Phi) is 5.81. The van der Waals surface area contributed by atoms with Crippen molar-refractivity contribution in [1.29, 1.82) is 0 Å². The summed E-state index contributed by atoms with van der Waals surface area (Å²) in [5.74, 6) is 0. The van der Waals surface area contributed by atoms with Crippen LogP contribution in [-0.2, 0) is 0 Å². The van der Waals surface area contributed by atoms with Crippen molar-refractivity contribution < 1.29 is 0 Å². The van der Waals surface area contributed by atoms with Crippen LogP contribution in [0.2, 0.25) is 0 Å². The minimum absolute atomic E-state index is 1.15. The van der Waals surface area contributed by atoms with Gasteiger partial charge >= 0.3 is 0 Å². The van der Waals surface area contributed by atoms with Crippen molar-refractivity contribution in [3.8, 4) is 0 Å². The van der Waals surface area contributed by atoms with E-state index in [4.69, 9.17) is 0 Å². The highest BCUT2D eigenvalue weighted by Crippen LogP contribution is 2.02. The van der Waals surface area contributed by atoms with E-state index in [1.807, 2.05) is 7.05 Å². The molecule has 0 amide bonds. The maximum absolute atomic E-state index is 4.12. The van der Waals surface area contributed by atoms with Crippen molar-refractivity contribution in [2.24, 2.45) is 4.99 Å². The van der Waals surface area contributed by atoms with E-state index in [1.54, 1.807) is 0 Å². The summed E-state index contributed by atoms with van der Waals surface area (Å²) in [6.45, 7) is 6.39. The molecule has 0 saturated heterocycles. The maximum atomic E-state index is 4.12. The Labute approximate surface area is 70.2 Å². The molecule has 0 aromatic carbocycles. The van der Waals surface area contributed by atoms with Gasteiger partial charge in [0.15, 0.2) is 0 Å². The van der Waals surface area contributed by atoms with Crippen molar-refractivity contribution in [1.82, 2.24) is 0 Å². The molecule has 0 aliphatic carbocycles. The van der Waals surface area contributed by atoms with Crippen molar-refractivity contribution in [3.63, 3.8) is 0 Å². The number of hydrogen-bond donors (Lipinski definition) is 0. The number of hydrogen-bond acceptors (Lipinski definition) is 1. The van der Waals surface area contributed by atoms with Crippen LogP contribution in [0.4, 0.5) is 0 Å². The Bertz CT molecular complexity index is 154. The molecule has 0 unspecified atom stereocenters. The topological polar surface area (TPSA) is 12.4 Å². The van der Waals surface area contributed by atoms with Gasteiger partial charge in [-0.15, -0.1) is 0 Å². The van der Waals surface area contributed by atoms with Crippen LogP contribution >= 0.6 is 0 Å². The molecule has 0 heterocycles. The van der Waals surface area contributed by atoms with E-state index in [9.17, 15) is 0 Å². The summed E-state index contributed by atoms with van der Waals surface area (Å²) in [6.07, 6.45) is 6.02. The van der Waals surface area contributed by atoms with E-state index >= 15 is 0 Å². The lowest BCUT2D eigenvalue weighted by molar-refractivity contribution is 0.812. The van der Waals surface area contributed by atoms with Gasteiger partial charge < -0.3 is 0 Å². The van der Waals surface area contributed by atoms with Crippen molar-refractivity contribution in [3.05, 3.63) is 11.6 Å². The second kappa shape index (κ2) is 6.14. The monoisotopic (exact) mass is 153 g/mol. The lowest BCUT2D eigenvalue weighted by Gasteiger charge is -1.98. The van der Waals surface area contributed by atoms with Gasteiger partial charge in [0.2, 0.25) is 0 Å². The minimum Gasteiger partial charge on any atom is -0.293 e. The zero-order valence-electron chi connectivity index (χ0n) is 8.15. The van der Waals surface area contributed by atoms with Crippen LogP contribution in [0.3, 0.4) is 0 Å². The predicted octanol–water partition coefficient (Wildman–Crippen LogP) is 3.21. The van der Waals surface area contributed by atoms with Gasteiger partial charge in [-0.2, -0.15) is 0 Å². The van der Waals surface area contributed by atoms with Gasteiger partial charge in [-0.05, 0) is 25.8 Å². The summed E-state index contributed by atoms with van der Waals surface area (Å²) in [4.78, 5) is 4.12. The summed E-state index contributed by atoms with van der Waals surface area (Å²) >= 11 is 0. The summed E-state index contributed by atoms with van der Waals surface area (Å²) in [6, 6.07) is 0. The second-order valence-electron chi connectivity index (χ2n) is 2.84. The van der Waals surface area contributed by atoms with E-state index in [0.717, 1.165) is 5.71 Å². The average Bonchev–Trinajstić information content (AvgIpc) is 2.03. The number of aliphatic imine (C=N–C) groups is 1. The number of allylic oxidation sites excluding steroid dienone is 2. The Hall–Kier alpha value is -0.590. The molecule has 0 spiro atoms. The van der Waals surface area contributed by atoms with Gasteiger partial charge in [0, 0.05) is 12.8 Å². The lowest BCUT2D eigenvalue weighted by atomic mass is 10.1. The highest BCUT2D eigenvalue weighted by atomic mass is 14.7. The van der Waals surface area contributed by atoms with E-state index in [-0.39, 0.29) is 0 Å². The van der Waals surface area contributed by atoms with Gasteiger partial charge in [0.1, 0.15) is 0 Å². The fourth-order valence-corrected chi connectivity index (χ4v) is 0.847. The summed E-state index contributed by atoms with van der Waals surface area (Å²) in [5, 5.41) is 0. The zero-order chi connectivity index (χ0) is 8.69. The molecular weight excluding hydrogens is 134 g/mol. The molecular formula is C10H19N. The van der Waals surface area contributed by atoms with Gasteiger partial charge in [-0.1, -0.05) is 25.8 Å².